The Balaban J connectivity index is 1.70. The average Bonchev–Trinajstić information content (AvgIpc) is 3.26. The number of carbonyl (C=O) groups excluding carboxylic acids is 1. The number of nitrogens with zero attached hydrogens (tertiary/aromatic N) is 2. The Kier molecular flexibility index (Phi) is 6.86. The second-order valence-electron chi connectivity index (χ2n) is 6.39. The molecule has 1 heterocycles. The Hall–Kier alpha value is -3.17. The molecule has 3 aromatic rings. The van der Waals surface area contributed by atoms with E-state index in [1.807, 2.05) is 47.8 Å². The number of hydrogen-bond acceptors (Lipinski definition) is 6. The fraction of sp³-hybridized carbons (Fsp3) is 0.143. The summed E-state index contributed by atoms with van der Waals surface area (Å²) in [7, 11) is -3.68. The monoisotopic (exact) mass is 443 g/mol. The van der Waals surface area contributed by atoms with E-state index >= 15 is 0 Å². The molecule has 0 aliphatic heterocycles. The molecule has 0 aliphatic carbocycles. The van der Waals surface area contributed by atoms with Crippen molar-refractivity contribution in [3.63, 3.8) is 0 Å². The molecule has 2 aromatic carbocycles. The van der Waals surface area contributed by atoms with Crippen LogP contribution in [0, 0.1) is 0 Å². The van der Waals surface area contributed by atoms with E-state index in [-0.39, 0.29) is 6.54 Å². The van der Waals surface area contributed by atoms with Gasteiger partial charge in [0.25, 0.3) is 5.91 Å². The number of anilines is 1. The van der Waals surface area contributed by atoms with E-state index < -0.39 is 15.9 Å². The van der Waals surface area contributed by atoms with Gasteiger partial charge in [0.05, 0.1) is 17.7 Å². The number of sulfonamides is 1. The van der Waals surface area contributed by atoms with Crippen LogP contribution in [0.15, 0.2) is 77.2 Å². The van der Waals surface area contributed by atoms with E-state index in [4.69, 9.17) is 4.74 Å². The summed E-state index contributed by atoms with van der Waals surface area (Å²) in [5.74, 6) is 0.684. The van der Waals surface area contributed by atoms with Crippen LogP contribution in [0.1, 0.15) is 11.8 Å². The molecule has 1 N–H and O–H groups in total. The maximum atomic E-state index is 12.3. The summed E-state index contributed by atoms with van der Waals surface area (Å²) in [4.78, 5) is 13.2. The Morgan fingerprint density at radius 3 is 2.30 bits per heavy atom. The molecule has 0 unspecified atom stereocenters. The molecule has 0 saturated heterocycles. The molecule has 9 heteroatoms. The second kappa shape index (κ2) is 9.55. The highest BCUT2D eigenvalue weighted by Crippen LogP contribution is 2.25. The Bertz CT molecular complexity index is 1110. The number of benzene rings is 2. The third-order valence-corrected chi connectivity index (χ3v) is 6.14. The molecule has 3 rings (SSSR count). The van der Waals surface area contributed by atoms with Crippen molar-refractivity contribution in [3.05, 3.63) is 77.0 Å². The highest BCUT2D eigenvalue weighted by molar-refractivity contribution is 7.92. The first-order valence-corrected chi connectivity index (χ1v) is 11.7. The highest BCUT2D eigenvalue weighted by Gasteiger charge is 2.21. The number of rotatable bonds is 8. The zero-order valence-electron chi connectivity index (χ0n) is 16.5. The fourth-order valence-corrected chi connectivity index (χ4v) is 4.09. The van der Waals surface area contributed by atoms with E-state index in [2.05, 4.69) is 10.5 Å². The molecule has 0 aliphatic rings. The fourth-order valence-electron chi connectivity index (χ4n) is 2.56. The average molecular weight is 444 g/mol. The summed E-state index contributed by atoms with van der Waals surface area (Å²) in [5, 5.41) is 5.95. The molecule has 1 amide bonds. The molecule has 0 radical (unpaired) electrons. The summed E-state index contributed by atoms with van der Waals surface area (Å²) >= 11 is 1.50. The number of nitrogens with one attached hydrogen (secondary N) is 1. The van der Waals surface area contributed by atoms with Gasteiger partial charge in [-0.15, -0.1) is 11.3 Å². The van der Waals surface area contributed by atoms with Crippen molar-refractivity contribution in [2.45, 2.75) is 6.92 Å². The van der Waals surface area contributed by atoms with Crippen LogP contribution in [0.3, 0.4) is 0 Å². The van der Waals surface area contributed by atoms with Gasteiger partial charge < -0.3 is 4.74 Å². The minimum absolute atomic E-state index is 0.354. The molecule has 30 heavy (non-hydrogen) atoms. The predicted molar refractivity (Wildman–Crippen MR) is 120 cm³/mol. The number of hydrogen-bond donors (Lipinski definition) is 1. The molecule has 0 fully saturated rings. The number of hydrazone groups is 1. The molecule has 0 spiro atoms. The van der Waals surface area contributed by atoms with Gasteiger partial charge in [0.15, 0.2) is 0 Å². The lowest BCUT2D eigenvalue weighted by Gasteiger charge is -2.21. The van der Waals surface area contributed by atoms with Gasteiger partial charge in [0.1, 0.15) is 18.0 Å². The number of para-hydroxylation sites is 1. The lowest BCUT2D eigenvalue weighted by Crippen LogP contribution is -2.39. The normalized spacial score (nSPS) is 11.7. The lowest BCUT2D eigenvalue weighted by atomic mass is 10.3. The minimum atomic E-state index is -3.68. The summed E-state index contributed by atoms with van der Waals surface area (Å²) in [5.41, 5.74) is 3.41. The molecule has 1 aromatic heterocycles. The van der Waals surface area contributed by atoms with Crippen molar-refractivity contribution >= 4 is 38.7 Å². The maximum Gasteiger partial charge on any atom is 0.260 e. The van der Waals surface area contributed by atoms with Crippen molar-refractivity contribution in [1.29, 1.82) is 0 Å². The van der Waals surface area contributed by atoms with Gasteiger partial charge >= 0.3 is 0 Å². The predicted octanol–water partition coefficient (Wildman–Crippen LogP) is 3.85. The largest absolute Gasteiger partial charge is 0.457 e. The third kappa shape index (κ3) is 5.91. The summed E-state index contributed by atoms with van der Waals surface area (Å²) in [6, 6.07) is 19.5. The van der Waals surface area contributed by atoms with Gasteiger partial charge in [0, 0.05) is 4.88 Å². The van der Waals surface area contributed by atoms with E-state index in [1.54, 1.807) is 31.2 Å². The maximum absolute atomic E-state index is 12.3. The molecule has 156 valence electrons. The van der Waals surface area contributed by atoms with Crippen molar-refractivity contribution in [1.82, 2.24) is 5.43 Å². The SMILES string of the molecule is C/C(=N\NC(=O)CN(c1ccc(Oc2ccccc2)cc1)S(C)(=O)=O)c1cccs1. The van der Waals surface area contributed by atoms with Gasteiger partial charge in [-0.1, -0.05) is 24.3 Å². The zero-order valence-corrected chi connectivity index (χ0v) is 18.1. The molecule has 7 nitrogen and oxygen atoms in total. The molecule has 0 bridgehead atoms. The first-order chi connectivity index (χ1) is 14.3. The number of carbonyl (C=O) groups is 1. The zero-order chi connectivity index (χ0) is 21.6. The van der Waals surface area contributed by atoms with E-state index in [0.29, 0.717) is 22.9 Å². The molecular weight excluding hydrogens is 422 g/mol. The molecule has 0 atom stereocenters. The molecular formula is C21H21N3O4S2. The van der Waals surface area contributed by atoms with Crippen LogP contribution in [-0.4, -0.2) is 32.8 Å². The minimum Gasteiger partial charge on any atom is -0.457 e. The highest BCUT2D eigenvalue weighted by atomic mass is 32.2. The Labute approximate surface area is 179 Å². The Morgan fingerprint density at radius 2 is 1.70 bits per heavy atom. The van der Waals surface area contributed by atoms with Crippen LogP contribution in [-0.2, 0) is 14.8 Å². The van der Waals surface area contributed by atoms with E-state index in [1.165, 1.54) is 11.3 Å². The van der Waals surface area contributed by atoms with Crippen LogP contribution >= 0.6 is 11.3 Å². The summed E-state index contributed by atoms with van der Waals surface area (Å²) in [6.45, 7) is 1.38. The number of thiophene rings is 1. The van der Waals surface area contributed by atoms with Gasteiger partial charge in [-0.05, 0) is 54.8 Å². The van der Waals surface area contributed by atoms with Crippen LogP contribution < -0.4 is 14.5 Å². The Morgan fingerprint density at radius 1 is 1.03 bits per heavy atom. The van der Waals surface area contributed by atoms with E-state index in [9.17, 15) is 13.2 Å². The van der Waals surface area contributed by atoms with Crippen LogP contribution in [0.2, 0.25) is 0 Å². The smallest absolute Gasteiger partial charge is 0.260 e. The van der Waals surface area contributed by atoms with E-state index in [0.717, 1.165) is 15.4 Å². The number of amides is 1. The van der Waals surface area contributed by atoms with Crippen molar-refractivity contribution < 1.29 is 17.9 Å². The topological polar surface area (TPSA) is 88.1 Å². The van der Waals surface area contributed by atoms with Gasteiger partial charge in [0.2, 0.25) is 10.0 Å². The second-order valence-corrected chi connectivity index (χ2v) is 9.24. The standard InChI is InChI=1S/C21H21N3O4S2/c1-16(20-9-6-14-29-20)22-23-21(25)15-24(30(2,26)27)17-10-12-19(13-11-17)28-18-7-4-3-5-8-18/h3-14H,15H2,1-2H3,(H,23,25)/b22-16+. The van der Waals surface area contributed by atoms with Crippen molar-refractivity contribution in [3.8, 4) is 11.5 Å². The first kappa shape index (κ1) is 21.5. The van der Waals surface area contributed by atoms with Crippen molar-refractivity contribution in [2.75, 3.05) is 17.1 Å². The quantitative estimate of drug-likeness (QED) is 0.423. The van der Waals surface area contributed by atoms with Crippen LogP contribution in [0.5, 0.6) is 11.5 Å². The van der Waals surface area contributed by atoms with Gasteiger partial charge in [-0.2, -0.15) is 5.10 Å². The summed E-state index contributed by atoms with van der Waals surface area (Å²) < 4.78 is 31.2. The van der Waals surface area contributed by atoms with Crippen LogP contribution in [0.25, 0.3) is 0 Å². The number of ether oxygens (including phenoxy) is 1. The third-order valence-electron chi connectivity index (χ3n) is 4.02. The van der Waals surface area contributed by atoms with Crippen LogP contribution in [0.4, 0.5) is 5.69 Å². The molecule has 0 saturated carbocycles. The van der Waals surface area contributed by atoms with Gasteiger partial charge in [-0.3, -0.25) is 9.10 Å². The lowest BCUT2D eigenvalue weighted by molar-refractivity contribution is -0.119. The summed E-state index contributed by atoms with van der Waals surface area (Å²) in [6.07, 6.45) is 1.05. The first-order valence-electron chi connectivity index (χ1n) is 9.00. The van der Waals surface area contributed by atoms with Crippen molar-refractivity contribution in [2.24, 2.45) is 5.10 Å². The van der Waals surface area contributed by atoms with Gasteiger partial charge in [-0.25, -0.2) is 13.8 Å².